The van der Waals surface area contributed by atoms with Crippen LogP contribution in [-0.2, 0) is 9.59 Å². The fraction of sp³-hybridized carbons (Fsp3) is 0.765. The third-order valence-corrected chi connectivity index (χ3v) is 4.82. The lowest BCUT2D eigenvalue weighted by Crippen LogP contribution is -2.56. The molecule has 1 atom stereocenters. The van der Waals surface area contributed by atoms with Gasteiger partial charge in [0, 0.05) is 25.7 Å². The minimum atomic E-state index is -0.854. The van der Waals surface area contributed by atoms with Gasteiger partial charge >= 0.3 is 6.03 Å². The number of urea groups is 1. The Labute approximate surface area is 177 Å². The van der Waals surface area contributed by atoms with E-state index >= 15 is 0 Å². The van der Waals surface area contributed by atoms with Crippen molar-refractivity contribution in [2.75, 3.05) is 26.7 Å². The van der Waals surface area contributed by atoms with E-state index in [2.05, 4.69) is 31.2 Å². The number of carbonyl (C=O) groups excluding carboxylic acids is 3. The molecule has 4 amide bonds. The molecule has 4 N–H and O–H groups in total. The van der Waals surface area contributed by atoms with Crippen LogP contribution in [0.4, 0.5) is 4.79 Å². The SMILES string of the molecule is CN=C(NCC(=O)NC(C)(C)C)N1CCC(C2(C)NC(=O)NC2=O)CC1.I. The highest BCUT2D eigenvalue weighted by Crippen LogP contribution is 2.30. The number of aliphatic imine (C=N–C) groups is 1. The van der Waals surface area contributed by atoms with Gasteiger partial charge in [-0.3, -0.25) is 19.9 Å². The largest absolute Gasteiger partial charge is 0.350 e. The summed E-state index contributed by atoms with van der Waals surface area (Å²) in [5.74, 6) is 0.374. The van der Waals surface area contributed by atoms with Crippen LogP contribution in [-0.4, -0.2) is 66.5 Å². The molecular formula is C17H31IN6O3. The predicted octanol–water partition coefficient (Wildman–Crippen LogP) is 0.405. The molecule has 0 spiro atoms. The quantitative estimate of drug-likeness (QED) is 0.196. The van der Waals surface area contributed by atoms with Gasteiger partial charge in [0.05, 0.1) is 6.54 Å². The Morgan fingerprint density at radius 2 is 1.89 bits per heavy atom. The minimum absolute atomic E-state index is 0. The van der Waals surface area contributed by atoms with Crippen LogP contribution >= 0.6 is 24.0 Å². The van der Waals surface area contributed by atoms with Crippen LogP contribution in [0.5, 0.6) is 0 Å². The van der Waals surface area contributed by atoms with E-state index in [-0.39, 0.29) is 53.8 Å². The third-order valence-electron chi connectivity index (χ3n) is 4.82. The standard InChI is InChI=1S/C17H30N6O3.HI/c1-16(2,3)21-12(24)10-19-14(18-5)23-8-6-11(7-9-23)17(4)13(25)20-15(26)22-17;/h11H,6-10H2,1-5H3,(H,18,19)(H,21,24)(H2,20,22,25,26);1H. The molecule has 2 fully saturated rings. The molecule has 0 radical (unpaired) electrons. The number of guanidine groups is 1. The predicted molar refractivity (Wildman–Crippen MR) is 114 cm³/mol. The van der Waals surface area contributed by atoms with E-state index in [4.69, 9.17) is 0 Å². The van der Waals surface area contributed by atoms with Gasteiger partial charge in [0.1, 0.15) is 5.54 Å². The van der Waals surface area contributed by atoms with Gasteiger partial charge in [0.25, 0.3) is 5.91 Å². The number of carbonyl (C=O) groups is 3. The van der Waals surface area contributed by atoms with Crippen molar-refractivity contribution in [3.8, 4) is 0 Å². The van der Waals surface area contributed by atoms with Crippen molar-refractivity contribution in [1.29, 1.82) is 0 Å². The van der Waals surface area contributed by atoms with E-state index < -0.39 is 11.6 Å². The monoisotopic (exact) mass is 494 g/mol. The van der Waals surface area contributed by atoms with Crippen molar-refractivity contribution in [3.63, 3.8) is 0 Å². The maximum absolute atomic E-state index is 12.1. The van der Waals surface area contributed by atoms with E-state index in [1.165, 1.54) is 0 Å². The second-order valence-corrected chi connectivity index (χ2v) is 8.07. The number of amides is 4. The Kier molecular flexibility index (Phi) is 7.87. The zero-order valence-electron chi connectivity index (χ0n) is 16.6. The molecule has 0 saturated carbocycles. The third kappa shape index (κ3) is 5.94. The van der Waals surface area contributed by atoms with Crippen LogP contribution in [0, 0.1) is 5.92 Å². The summed E-state index contributed by atoms with van der Waals surface area (Å²) in [6.45, 7) is 9.13. The number of imide groups is 1. The Morgan fingerprint density at radius 3 is 2.33 bits per heavy atom. The number of nitrogens with one attached hydrogen (secondary N) is 4. The first-order valence-electron chi connectivity index (χ1n) is 8.95. The number of hydrogen-bond acceptors (Lipinski definition) is 4. The fourth-order valence-electron chi connectivity index (χ4n) is 3.47. The first-order chi connectivity index (χ1) is 12.0. The molecule has 2 rings (SSSR count). The molecule has 154 valence electrons. The summed E-state index contributed by atoms with van der Waals surface area (Å²) < 4.78 is 0. The highest BCUT2D eigenvalue weighted by Gasteiger charge is 2.48. The van der Waals surface area contributed by atoms with Gasteiger partial charge in [-0.25, -0.2) is 4.79 Å². The number of nitrogens with zero attached hydrogens (tertiary/aromatic N) is 2. The number of likely N-dealkylation sites (tertiary alicyclic amines) is 1. The molecule has 2 aliphatic rings. The molecule has 2 saturated heterocycles. The molecule has 2 aliphatic heterocycles. The van der Waals surface area contributed by atoms with E-state index in [9.17, 15) is 14.4 Å². The molecule has 0 aromatic heterocycles. The lowest BCUT2D eigenvalue weighted by molar-refractivity contribution is -0.126. The Morgan fingerprint density at radius 1 is 1.30 bits per heavy atom. The normalized spacial score (nSPS) is 24.0. The first-order valence-corrected chi connectivity index (χ1v) is 8.95. The van der Waals surface area contributed by atoms with Gasteiger partial charge < -0.3 is 20.9 Å². The topological polar surface area (TPSA) is 115 Å². The summed E-state index contributed by atoms with van der Waals surface area (Å²) in [5, 5.41) is 11.1. The van der Waals surface area contributed by atoms with Crippen LogP contribution in [0.25, 0.3) is 0 Å². The average molecular weight is 494 g/mol. The summed E-state index contributed by atoms with van der Waals surface area (Å²) in [4.78, 5) is 41.8. The highest BCUT2D eigenvalue weighted by molar-refractivity contribution is 14.0. The van der Waals surface area contributed by atoms with Crippen LogP contribution in [0.3, 0.4) is 0 Å². The van der Waals surface area contributed by atoms with Crippen molar-refractivity contribution < 1.29 is 14.4 Å². The van der Waals surface area contributed by atoms with Gasteiger partial charge in [0.2, 0.25) is 5.91 Å². The van der Waals surface area contributed by atoms with Crippen molar-refractivity contribution in [2.45, 2.75) is 51.6 Å². The van der Waals surface area contributed by atoms with Gasteiger partial charge in [-0.05, 0) is 46.5 Å². The zero-order chi connectivity index (χ0) is 19.5. The summed E-state index contributed by atoms with van der Waals surface area (Å²) in [7, 11) is 1.68. The Balaban J connectivity index is 0.00000364. The van der Waals surface area contributed by atoms with Gasteiger partial charge in [0.15, 0.2) is 5.96 Å². The van der Waals surface area contributed by atoms with E-state index in [0.29, 0.717) is 19.0 Å². The van der Waals surface area contributed by atoms with Gasteiger partial charge in [-0.1, -0.05) is 0 Å². The number of piperidine rings is 1. The molecule has 10 heteroatoms. The lowest BCUT2D eigenvalue weighted by Gasteiger charge is -2.39. The molecule has 0 bridgehead atoms. The molecule has 2 heterocycles. The van der Waals surface area contributed by atoms with Crippen molar-refractivity contribution in [3.05, 3.63) is 0 Å². The molecule has 1 unspecified atom stereocenters. The summed E-state index contributed by atoms with van der Waals surface area (Å²) >= 11 is 0. The minimum Gasteiger partial charge on any atom is -0.350 e. The smallest absolute Gasteiger partial charge is 0.322 e. The number of rotatable bonds is 3. The fourth-order valence-corrected chi connectivity index (χ4v) is 3.47. The second-order valence-electron chi connectivity index (χ2n) is 8.07. The van der Waals surface area contributed by atoms with Crippen molar-refractivity contribution >= 4 is 47.8 Å². The molecular weight excluding hydrogens is 463 g/mol. The van der Waals surface area contributed by atoms with E-state index in [1.54, 1.807) is 14.0 Å². The van der Waals surface area contributed by atoms with Crippen molar-refractivity contribution in [2.24, 2.45) is 10.9 Å². The van der Waals surface area contributed by atoms with Crippen LogP contribution in [0.15, 0.2) is 4.99 Å². The van der Waals surface area contributed by atoms with Crippen LogP contribution in [0.1, 0.15) is 40.5 Å². The second kappa shape index (κ2) is 9.07. The summed E-state index contributed by atoms with van der Waals surface area (Å²) in [6, 6.07) is -0.428. The van der Waals surface area contributed by atoms with Gasteiger partial charge in [-0.2, -0.15) is 0 Å². The Hall–Kier alpha value is -1.59. The first kappa shape index (κ1) is 23.4. The summed E-state index contributed by atoms with van der Waals surface area (Å²) in [5.41, 5.74) is -1.13. The average Bonchev–Trinajstić information content (AvgIpc) is 2.80. The summed E-state index contributed by atoms with van der Waals surface area (Å²) in [6.07, 6.45) is 1.50. The van der Waals surface area contributed by atoms with Gasteiger partial charge in [-0.15, -0.1) is 24.0 Å². The maximum atomic E-state index is 12.1. The molecule has 9 nitrogen and oxygen atoms in total. The van der Waals surface area contributed by atoms with Crippen LogP contribution < -0.4 is 21.3 Å². The molecule has 0 aliphatic carbocycles. The highest BCUT2D eigenvalue weighted by atomic mass is 127. The number of hydrogen-bond donors (Lipinski definition) is 4. The molecule has 0 aromatic carbocycles. The van der Waals surface area contributed by atoms with E-state index in [0.717, 1.165) is 12.8 Å². The van der Waals surface area contributed by atoms with Crippen LogP contribution in [0.2, 0.25) is 0 Å². The van der Waals surface area contributed by atoms with E-state index in [1.807, 2.05) is 20.8 Å². The Bertz CT molecular complexity index is 610. The van der Waals surface area contributed by atoms with Crippen molar-refractivity contribution in [1.82, 2.24) is 26.2 Å². The molecule has 0 aromatic rings. The molecule has 27 heavy (non-hydrogen) atoms. The maximum Gasteiger partial charge on any atom is 0.322 e. The zero-order valence-corrected chi connectivity index (χ0v) is 19.0. The lowest BCUT2D eigenvalue weighted by atomic mass is 9.79. The number of halogens is 1.